The summed E-state index contributed by atoms with van der Waals surface area (Å²) in [6.45, 7) is 2.46. The zero-order valence-corrected chi connectivity index (χ0v) is 23.5. The minimum Gasteiger partial charge on any atom is -0.493 e. The number of carbonyl (C=O) groups is 1. The summed E-state index contributed by atoms with van der Waals surface area (Å²) in [4.78, 5) is 17.6. The Morgan fingerprint density at radius 1 is 1.23 bits per heavy atom. The van der Waals surface area contributed by atoms with Crippen molar-refractivity contribution in [3.63, 3.8) is 0 Å². The third kappa shape index (κ3) is 4.97. The van der Waals surface area contributed by atoms with Gasteiger partial charge in [0.05, 0.1) is 30.9 Å². The fourth-order valence-corrected chi connectivity index (χ4v) is 5.98. The lowest BCUT2D eigenvalue weighted by molar-refractivity contribution is 0.0964. The molecule has 9 nitrogen and oxygen atoms in total. The van der Waals surface area contributed by atoms with Crippen LogP contribution in [-0.4, -0.2) is 52.9 Å². The molecular formula is C29H30FN3O6S. The summed E-state index contributed by atoms with van der Waals surface area (Å²) >= 11 is 0. The van der Waals surface area contributed by atoms with Gasteiger partial charge in [-0.3, -0.25) is 9.10 Å². The quantitative estimate of drug-likeness (QED) is 0.306. The van der Waals surface area contributed by atoms with Crippen LogP contribution in [0.1, 0.15) is 40.7 Å². The van der Waals surface area contributed by atoms with Crippen LogP contribution in [0.3, 0.4) is 0 Å². The molecule has 11 heteroatoms. The first-order valence-electron chi connectivity index (χ1n) is 12.9. The van der Waals surface area contributed by atoms with Crippen molar-refractivity contribution in [2.24, 2.45) is 0 Å². The number of sulfonamides is 1. The fourth-order valence-electron chi connectivity index (χ4n) is 5.07. The first-order chi connectivity index (χ1) is 19.2. The lowest BCUT2D eigenvalue weighted by Gasteiger charge is -2.24. The van der Waals surface area contributed by atoms with Crippen molar-refractivity contribution in [3.05, 3.63) is 71.0 Å². The number of aryl methyl sites for hydroxylation is 1. The van der Waals surface area contributed by atoms with Gasteiger partial charge >= 0.3 is 0 Å². The van der Waals surface area contributed by atoms with Crippen LogP contribution in [0.2, 0.25) is 0 Å². The number of amides is 1. The molecule has 0 bridgehead atoms. The highest BCUT2D eigenvalue weighted by molar-refractivity contribution is 7.92. The maximum atomic E-state index is 13.6. The van der Waals surface area contributed by atoms with Gasteiger partial charge in [0.2, 0.25) is 15.7 Å². The van der Waals surface area contributed by atoms with Crippen molar-refractivity contribution < 1.29 is 31.5 Å². The largest absolute Gasteiger partial charge is 0.493 e. The SMILES string of the molecule is CCc1cc2c(C(=O)NC)c(-c3ccc(F)cc3)oc2nc1N(CCC1COc2c(OC)cccc21)S(C)(=O)=O. The summed E-state index contributed by atoms with van der Waals surface area (Å²) < 4.78 is 58.3. The number of nitrogens with zero attached hydrogens (tertiary/aromatic N) is 2. The highest BCUT2D eigenvalue weighted by Crippen LogP contribution is 2.43. The fraction of sp³-hybridized carbons (Fsp3) is 0.310. The number of methoxy groups -OCH3 is 1. The number of carbonyl (C=O) groups excluding carboxylic acids is 1. The number of hydrogen-bond acceptors (Lipinski definition) is 7. The Kier molecular flexibility index (Phi) is 7.41. The molecule has 0 radical (unpaired) electrons. The van der Waals surface area contributed by atoms with Crippen LogP contribution < -0.4 is 19.1 Å². The average molecular weight is 568 g/mol. The van der Waals surface area contributed by atoms with Gasteiger partial charge in [-0.1, -0.05) is 19.1 Å². The lowest BCUT2D eigenvalue weighted by Crippen LogP contribution is -2.33. The molecule has 3 heterocycles. The molecule has 40 heavy (non-hydrogen) atoms. The predicted molar refractivity (Wildman–Crippen MR) is 150 cm³/mol. The van der Waals surface area contributed by atoms with Gasteiger partial charge in [-0.15, -0.1) is 0 Å². The van der Waals surface area contributed by atoms with Gasteiger partial charge in [0.15, 0.2) is 11.5 Å². The maximum Gasteiger partial charge on any atom is 0.255 e. The molecule has 0 saturated heterocycles. The van der Waals surface area contributed by atoms with E-state index in [0.717, 1.165) is 11.8 Å². The monoisotopic (exact) mass is 567 g/mol. The first kappa shape index (κ1) is 27.4. The smallest absolute Gasteiger partial charge is 0.255 e. The number of ether oxygens (including phenoxy) is 2. The van der Waals surface area contributed by atoms with E-state index in [2.05, 4.69) is 10.3 Å². The Labute approximate surface area is 232 Å². The first-order valence-corrected chi connectivity index (χ1v) is 14.7. The van der Waals surface area contributed by atoms with E-state index in [4.69, 9.17) is 13.9 Å². The zero-order valence-electron chi connectivity index (χ0n) is 22.7. The number of hydrogen-bond donors (Lipinski definition) is 1. The molecule has 5 rings (SSSR count). The molecule has 1 N–H and O–H groups in total. The number of furan rings is 1. The van der Waals surface area contributed by atoms with Crippen molar-refractivity contribution in [1.82, 2.24) is 10.3 Å². The molecule has 1 amide bonds. The Hall–Kier alpha value is -4.12. The highest BCUT2D eigenvalue weighted by atomic mass is 32.2. The number of para-hydroxylation sites is 1. The van der Waals surface area contributed by atoms with E-state index in [1.807, 2.05) is 25.1 Å². The second kappa shape index (κ2) is 10.8. The topological polar surface area (TPSA) is 111 Å². The second-order valence-corrected chi connectivity index (χ2v) is 11.5. The highest BCUT2D eigenvalue weighted by Gasteiger charge is 2.31. The second-order valence-electron chi connectivity index (χ2n) is 9.58. The molecule has 0 spiro atoms. The van der Waals surface area contributed by atoms with Crippen LogP contribution in [0.25, 0.3) is 22.4 Å². The zero-order chi connectivity index (χ0) is 28.6. The van der Waals surface area contributed by atoms with Crippen LogP contribution in [0.5, 0.6) is 11.5 Å². The predicted octanol–water partition coefficient (Wildman–Crippen LogP) is 4.90. The number of pyridine rings is 1. The van der Waals surface area contributed by atoms with E-state index in [0.29, 0.717) is 47.5 Å². The molecular weight excluding hydrogens is 537 g/mol. The van der Waals surface area contributed by atoms with Crippen LogP contribution in [0.15, 0.2) is 52.9 Å². The van der Waals surface area contributed by atoms with Gasteiger partial charge in [0.1, 0.15) is 17.4 Å². The Bertz CT molecular complexity index is 1680. The van der Waals surface area contributed by atoms with Gasteiger partial charge in [-0.2, -0.15) is 4.98 Å². The number of halogens is 1. The van der Waals surface area contributed by atoms with Crippen LogP contribution in [0, 0.1) is 5.82 Å². The van der Waals surface area contributed by atoms with Gasteiger partial charge in [0, 0.05) is 30.6 Å². The molecule has 1 unspecified atom stereocenters. The van der Waals surface area contributed by atoms with E-state index < -0.39 is 21.7 Å². The molecule has 2 aromatic carbocycles. The molecule has 1 atom stereocenters. The van der Waals surface area contributed by atoms with E-state index in [1.54, 1.807) is 13.2 Å². The molecule has 0 saturated carbocycles. The Morgan fingerprint density at radius 2 is 1.98 bits per heavy atom. The minimum atomic E-state index is -3.74. The van der Waals surface area contributed by atoms with E-state index in [-0.39, 0.29) is 35.3 Å². The Balaban J connectivity index is 1.57. The third-order valence-electron chi connectivity index (χ3n) is 7.10. The Morgan fingerprint density at radius 3 is 2.62 bits per heavy atom. The lowest BCUT2D eigenvalue weighted by atomic mass is 9.97. The van der Waals surface area contributed by atoms with Crippen LogP contribution in [0.4, 0.5) is 10.2 Å². The molecule has 0 aliphatic carbocycles. The summed E-state index contributed by atoms with van der Waals surface area (Å²) in [7, 11) is -0.655. The van der Waals surface area contributed by atoms with Crippen molar-refractivity contribution in [2.75, 3.05) is 37.9 Å². The number of benzene rings is 2. The molecule has 210 valence electrons. The standard InChI is InChI=1S/C29H30FN3O6S/c1-5-17-15-22-24(28(34)31-2)25(18-9-11-20(30)12-10-18)39-29(22)32-27(17)33(40(4,35)36)14-13-19-16-38-26-21(19)7-6-8-23(26)37-3/h6-12,15,19H,5,13-14,16H2,1-4H3,(H,31,34). The van der Waals surface area contributed by atoms with Crippen molar-refractivity contribution in [3.8, 4) is 22.8 Å². The molecule has 1 aliphatic heterocycles. The number of anilines is 1. The summed E-state index contributed by atoms with van der Waals surface area (Å²) in [5.41, 5.74) is 2.46. The summed E-state index contributed by atoms with van der Waals surface area (Å²) in [5.74, 6) is 0.933. The van der Waals surface area contributed by atoms with Crippen molar-refractivity contribution >= 4 is 32.8 Å². The molecule has 4 aromatic rings. The van der Waals surface area contributed by atoms with Crippen molar-refractivity contribution in [1.29, 1.82) is 0 Å². The van der Waals surface area contributed by atoms with E-state index >= 15 is 0 Å². The van der Waals surface area contributed by atoms with Gasteiger partial charge in [-0.05, 0) is 54.8 Å². The van der Waals surface area contributed by atoms with Gasteiger partial charge in [0.25, 0.3) is 5.91 Å². The average Bonchev–Trinajstić information content (AvgIpc) is 3.53. The minimum absolute atomic E-state index is 0.0308. The molecule has 2 aromatic heterocycles. The van der Waals surface area contributed by atoms with Gasteiger partial charge < -0.3 is 19.2 Å². The van der Waals surface area contributed by atoms with Crippen molar-refractivity contribution in [2.45, 2.75) is 25.7 Å². The third-order valence-corrected chi connectivity index (χ3v) is 8.25. The van der Waals surface area contributed by atoms with E-state index in [9.17, 15) is 17.6 Å². The number of rotatable bonds is 9. The molecule has 1 aliphatic rings. The number of aromatic nitrogens is 1. The van der Waals surface area contributed by atoms with Crippen LogP contribution in [-0.2, 0) is 16.4 Å². The van der Waals surface area contributed by atoms with E-state index in [1.165, 1.54) is 35.6 Å². The number of nitrogens with one attached hydrogen (secondary N) is 1. The summed E-state index contributed by atoms with van der Waals surface area (Å²) in [5, 5.41) is 3.06. The summed E-state index contributed by atoms with van der Waals surface area (Å²) in [6.07, 6.45) is 2.09. The number of fused-ring (bicyclic) bond motifs is 2. The van der Waals surface area contributed by atoms with Gasteiger partial charge in [-0.25, -0.2) is 12.8 Å². The normalized spacial score (nSPS) is 14.6. The van der Waals surface area contributed by atoms with Crippen LogP contribution >= 0.6 is 0 Å². The maximum absolute atomic E-state index is 13.6. The summed E-state index contributed by atoms with van der Waals surface area (Å²) in [6, 6.07) is 13.0. The molecule has 0 fully saturated rings.